The van der Waals surface area contributed by atoms with E-state index in [1.54, 1.807) is 43.5 Å². The molecular formula is C39H47N3O5S. The van der Waals surface area contributed by atoms with Crippen molar-refractivity contribution in [2.75, 3.05) is 24.5 Å². The van der Waals surface area contributed by atoms with Crippen LogP contribution in [0, 0.1) is 12.8 Å². The van der Waals surface area contributed by atoms with Crippen molar-refractivity contribution in [3.05, 3.63) is 125 Å². The summed E-state index contributed by atoms with van der Waals surface area (Å²) in [6.07, 6.45) is 0.244. The van der Waals surface area contributed by atoms with Gasteiger partial charge in [-0.05, 0) is 71.8 Å². The lowest BCUT2D eigenvalue weighted by Gasteiger charge is -2.34. The van der Waals surface area contributed by atoms with Crippen LogP contribution in [0.1, 0.15) is 55.9 Å². The summed E-state index contributed by atoms with van der Waals surface area (Å²) in [5, 5.41) is 3.02. The maximum absolute atomic E-state index is 14.7. The molecule has 0 heterocycles. The number of carbonyl (C=O) groups excluding carboxylic acids is 2. The van der Waals surface area contributed by atoms with Crippen molar-refractivity contribution in [2.45, 2.75) is 64.4 Å². The van der Waals surface area contributed by atoms with Gasteiger partial charge in [0.15, 0.2) is 0 Å². The normalized spacial score (nSPS) is 12.1. The third-order valence-corrected chi connectivity index (χ3v) is 9.97. The van der Waals surface area contributed by atoms with Crippen LogP contribution in [0.25, 0.3) is 0 Å². The van der Waals surface area contributed by atoms with E-state index in [1.165, 1.54) is 4.90 Å². The average molecular weight is 670 g/mol. The van der Waals surface area contributed by atoms with E-state index < -0.39 is 28.5 Å². The van der Waals surface area contributed by atoms with E-state index in [1.807, 2.05) is 87.5 Å². The van der Waals surface area contributed by atoms with Gasteiger partial charge in [0.25, 0.3) is 10.0 Å². The third-order valence-electron chi connectivity index (χ3n) is 8.18. The van der Waals surface area contributed by atoms with Crippen molar-refractivity contribution < 1.29 is 22.7 Å². The monoisotopic (exact) mass is 669 g/mol. The van der Waals surface area contributed by atoms with Gasteiger partial charge in [0, 0.05) is 19.5 Å². The Hall–Kier alpha value is -4.63. The number of rotatable bonds is 15. The molecule has 8 nitrogen and oxygen atoms in total. The fourth-order valence-corrected chi connectivity index (χ4v) is 6.75. The molecule has 0 aliphatic carbocycles. The van der Waals surface area contributed by atoms with E-state index in [0.717, 1.165) is 26.6 Å². The van der Waals surface area contributed by atoms with Crippen LogP contribution in [0.15, 0.2) is 108 Å². The maximum Gasteiger partial charge on any atom is 0.264 e. The molecule has 0 spiro atoms. The minimum absolute atomic E-state index is 0.0628. The highest BCUT2D eigenvalue weighted by Crippen LogP contribution is 2.27. The van der Waals surface area contributed by atoms with Crippen molar-refractivity contribution in [2.24, 2.45) is 5.92 Å². The lowest BCUT2D eigenvalue weighted by Crippen LogP contribution is -2.53. The minimum atomic E-state index is -4.18. The van der Waals surface area contributed by atoms with Crippen LogP contribution >= 0.6 is 0 Å². The molecule has 48 heavy (non-hydrogen) atoms. The summed E-state index contributed by atoms with van der Waals surface area (Å²) in [5.74, 6) is 0.222. The van der Waals surface area contributed by atoms with Crippen LogP contribution in [-0.4, -0.2) is 51.4 Å². The molecule has 0 saturated carbocycles. The Morgan fingerprint density at radius 1 is 0.812 bits per heavy atom. The zero-order valence-corrected chi connectivity index (χ0v) is 29.5. The van der Waals surface area contributed by atoms with Gasteiger partial charge in [-0.3, -0.25) is 13.9 Å². The summed E-state index contributed by atoms with van der Waals surface area (Å²) in [4.78, 5) is 30.2. The molecule has 0 saturated heterocycles. The highest BCUT2D eigenvalue weighted by molar-refractivity contribution is 7.92. The predicted molar refractivity (Wildman–Crippen MR) is 192 cm³/mol. The van der Waals surface area contributed by atoms with Crippen LogP contribution < -0.4 is 14.4 Å². The van der Waals surface area contributed by atoms with Crippen LogP contribution in [0.4, 0.5) is 5.69 Å². The summed E-state index contributed by atoms with van der Waals surface area (Å²) in [5.41, 5.74) is 3.94. The molecule has 2 amide bonds. The number of anilines is 1. The fraction of sp³-hybridized carbons (Fsp3) is 0.333. The van der Waals surface area contributed by atoms with Gasteiger partial charge in [0.1, 0.15) is 18.3 Å². The molecule has 1 atom stereocenters. The number of benzene rings is 4. The molecule has 0 radical (unpaired) electrons. The molecule has 4 aromatic rings. The van der Waals surface area contributed by atoms with Gasteiger partial charge in [-0.1, -0.05) is 100.0 Å². The van der Waals surface area contributed by atoms with E-state index in [-0.39, 0.29) is 35.6 Å². The first-order valence-corrected chi connectivity index (χ1v) is 17.8. The largest absolute Gasteiger partial charge is 0.497 e. The van der Waals surface area contributed by atoms with Gasteiger partial charge in [0.05, 0.1) is 17.7 Å². The molecule has 1 N–H and O–H groups in total. The first-order valence-electron chi connectivity index (χ1n) is 16.3. The van der Waals surface area contributed by atoms with Gasteiger partial charge in [-0.2, -0.15) is 0 Å². The predicted octanol–water partition coefficient (Wildman–Crippen LogP) is 6.73. The van der Waals surface area contributed by atoms with Gasteiger partial charge in [0.2, 0.25) is 11.8 Å². The molecule has 0 fully saturated rings. The Bertz CT molecular complexity index is 1760. The number of carbonyl (C=O) groups is 2. The molecule has 254 valence electrons. The zero-order chi connectivity index (χ0) is 34.8. The van der Waals surface area contributed by atoms with Gasteiger partial charge >= 0.3 is 0 Å². The molecule has 4 rings (SSSR count). The second-order valence-corrected chi connectivity index (χ2v) is 14.7. The molecular weight excluding hydrogens is 623 g/mol. The smallest absolute Gasteiger partial charge is 0.264 e. The van der Waals surface area contributed by atoms with E-state index in [9.17, 15) is 18.0 Å². The SMILES string of the molecule is COc1cccc(CN(C(=O)CN(c2ccc(C(C)C)cc2)S(=O)(=O)c2ccc(C)cc2)[C@H](Cc2ccccc2)C(=O)NCC(C)C)c1. The van der Waals surface area contributed by atoms with Gasteiger partial charge in [-0.25, -0.2) is 8.42 Å². The lowest BCUT2D eigenvalue weighted by atomic mass is 10.0. The fourth-order valence-electron chi connectivity index (χ4n) is 5.34. The Balaban J connectivity index is 1.82. The van der Waals surface area contributed by atoms with Crippen molar-refractivity contribution in [3.8, 4) is 5.75 Å². The van der Waals surface area contributed by atoms with E-state index in [0.29, 0.717) is 18.0 Å². The standard InChI is InChI=1S/C39H47N3O5S/c1-28(2)25-40-39(44)37(24-31-11-8-7-9-12-31)41(26-32-13-10-14-35(23-32)47-6)38(43)27-42(34-19-17-33(18-20-34)29(3)4)48(45,46)36-21-15-30(5)16-22-36/h7-23,28-29,37H,24-27H2,1-6H3,(H,40,44)/t37-/m1/s1. The number of ether oxygens (including phenoxy) is 1. The molecule has 0 aliphatic rings. The summed E-state index contributed by atoms with van der Waals surface area (Å²) in [6, 6.07) is 29.7. The van der Waals surface area contributed by atoms with Crippen molar-refractivity contribution in [3.63, 3.8) is 0 Å². The molecule has 0 unspecified atom stereocenters. The number of methoxy groups -OCH3 is 1. The summed E-state index contributed by atoms with van der Waals surface area (Å²) in [7, 11) is -2.61. The molecule has 4 aromatic carbocycles. The number of hydrogen-bond donors (Lipinski definition) is 1. The van der Waals surface area contributed by atoms with Crippen molar-refractivity contribution in [1.29, 1.82) is 0 Å². The Kier molecular flexibility index (Phi) is 12.4. The lowest BCUT2D eigenvalue weighted by molar-refractivity contribution is -0.140. The quantitative estimate of drug-likeness (QED) is 0.151. The van der Waals surface area contributed by atoms with Crippen LogP contribution in [0.5, 0.6) is 5.75 Å². The van der Waals surface area contributed by atoms with E-state index in [2.05, 4.69) is 19.2 Å². The minimum Gasteiger partial charge on any atom is -0.497 e. The van der Waals surface area contributed by atoms with Crippen LogP contribution in [0.2, 0.25) is 0 Å². The number of aryl methyl sites for hydroxylation is 1. The summed E-state index contributed by atoms with van der Waals surface area (Å²) >= 11 is 0. The second kappa shape index (κ2) is 16.5. The number of hydrogen-bond acceptors (Lipinski definition) is 5. The average Bonchev–Trinajstić information content (AvgIpc) is 3.08. The first kappa shape index (κ1) is 36.2. The third kappa shape index (κ3) is 9.47. The molecule has 9 heteroatoms. The Labute approximate surface area is 285 Å². The highest BCUT2D eigenvalue weighted by atomic mass is 32.2. The topological polar surface area (TPSA) is 96.0 Å². The molecule has 0 aliphatic heterocycles. The summed E-state index contributed by atoms with van der Waals surface area (Å²) < 4.78 is 35.2. The number of nitrogens with one attached hydrogen (secondary N) is 1. The Morgan fingerprint density at radius 2 is 1.46 bits per heavy atom. The van der Waals surface area contributed by atoms with E-state index >= 15 is 0 Å². The van der Waals surface area contributed by atoms with Crippen LogP contribution in [0.3, 0.4) is 0 Å². The zero-order valence-electron chi connectivity index (χ0n) is 28.7. The summed E-state index contributed by atoms with van der Waals surface area (Å²) in [6.45, 7) is 10.0. The Morgan fingerprint density at radius 3 is 2.06 bits per heavy atom. The van der Waals surface area contributed by atoms with Crippen molar-refractivity contribution >= 4 is 27.5 Å². The molecule has 0 aromatic heterocycles. The molecule has 0 bridgehead atoms. The van der Waals surface area contributed by atoms with Gasteiger partial charge < -0.3 is 15.0 Å². The van der Waals surface area contributed by atoms with Crippen molar-refractivity contribution in [1.82, 2.24) is 10.2 Å². The first-order chi connectivity index (χ1) is 22.9. The van der Waals surface area contributed by atoms with Crippen LogP contribution in [-0.2, 0) is 32.6 Å². The van der Waals surface area contributed by atoms with E-state index in [4.69, 9.17) is 4.74 Å². The second-order valence-electron chi connectivity index (χ2n) is 12.8. The number of nitrogens with zero attached hydrogens (tertiary/aromatic N) is 2. The van der Waals surface area contributed by atoms with Gasteiger partial charge in [-0.15, -0.1) is 0 Å². The maximum atomic E-state index is 14.7. The number of sulfonamides is 1. The number of amides is 2. The highest BCUT2D eigenvalue weighted by Gasteiger charge is 2.34.